The lowest BCUT2D eigenvalue weighted by atomic mass is 10.1. The third-order valence-electron chi connectivity index (χ3n) is 3.26. The van der Waals surface area contributed by atoms with Crippen molar-refractivity contribution in [1.29, 1.82) is 0 Å². The number of para-hydroxylation sites is 1. The molecule has 0 saturated heterocycles. The number of nitrogens with one attached hydrogen (secondary N) is 1. The molecule has 0 saturated carbocycles. The van der Waals surface area contributed by atoms with E-state index in [9.17, 15) is 13.6 Å². The Labute approximate surface area is 127 Å². The van der Waals surface area contributed by atoms with Gasteiger partial charge < -0.3 is 10.1 Å². The van der Waals surface area contributed by atoms with E-state index in [0.29, 0.717) is 0 Å². The van der Waals surface area contributed by atoms with Gasteiger partial charge in [0.15, 0.2) is 0 Å². The van der Waals surface area contributed by atoms with Gasteiger partial charge in [-0.05, 0) is 42.7 Å². The van der Waals surface area contributed by atoms with Crippen LogP contribution >= 0.6 is 0 Å². The molecule has 2 aromatic rings. The summed E-state index contributed by atoms with van der Waals surface area (Å²) in [5.41, 5.74) is 3.53. The zero-order valence-electron chi connectivity index (χ0n) is 12.4. The lowest BCUT2D eigenvalue weighted by Gasteiger charge is -2.11. The Balaban J connectivity index is 2.00. The van der Waals surface area contributed by atoms with Crippen molar-refractivity contribution >= 4 is 11.6 Å². The highest BCUT2D eigenvalue weighted by Crippen LogP contribution is 2.20. The molecular formula is C17H17F2NO2. The molecule has 3 nitrogen and oxygen atoms in total. The lowest BCUT2D eigenvalue weighted by Crippen LogP contribution is -2.16. The molecule has 1 N–H and O–H groups in total. The summed E-state index contributed by atoms with van der Waals surface area (Å²) in [5.74, 6) is -0.0752. The first kappa shape index (κ1) is 15.9. The van der Waals surface area contributed by atoms with Gasteiger partial charge in [0.2, 0.25) is 5.91 Å². The van der Waals surface area contributed by atoms with Crippen LogP contribution in [0.2, 0.25) is 0 Å². The number of amides is 1. The first-order valence-electron chi connectivity index (χ1n) is 6.85. The summed E-state index contributed by atoms with van der Waals surface area (Å²) >= 11 is 0. The molecule has 0 bridgehead atoms. The molecule has 0 aliphatic heterocycles. The predicted molar refractivity (Wildman–Crippen MR) is 81.3 cm³/mol. The van der Waals surface area contributed by atoms with Crippen molar-refractivity contribution in [1.82, 2.24) is 0 Å². The molecule has 1 amide bonds. The smallest absolute Gasteiger partial charge is 0.387 e. The molecule has 116 valence electrons. The minimum absolute atomic E-state index is 0.0777. The molecule has 0 radical (unpaired) electrons. The Kier molecular flexibility index (Phi) is 5.09. The molecule has 0 fully saturated rings. The van der Waals surface area contributed by atoms with Crippen molar-refractivity contribution in [3.05, 3.63) is 59.2 Å². The second kappa shape index (κ2) is 7.02. The number of aryl methyl sites for hydroxylation is 2. The van der Waals surface area contributed by atoms with Crippen LogP contribution < -0.4 is 10.1 Å². The number of carbonyl (C=O) groups excluding carboxylic acids is 1. The fraction of sp³-hybridized carbons (Fsp3) is 0.235. The van der Waals surface area contributed by atoms with Gasteiger partial charge >= 0.3 is 6.61 Å². The zero-order chi connectivity index (χ0) is 16.1. The van der Waals surface area contributed by atoms with E-state index >= 15 is 0 Å². The highest BCUT2D eigenvalue weighted by atomic mass is 19.3. The lowest BCUT2D eigenvalue weighted by molar-refractivity contribution is -0.115. The monoisotopic (exact) mass is 305 g/mol. The maximum absolute atomic E-state index is 12.1. The summed E-state index contributed by atoms with van der Waals surface area (Å²) in [6, 6.07) is 11.8. The summed E-state index contributed by atoms with van der Waals surface area (Å²) < 4.78 is 28.4. The predicted octanol–water partition coefficient (Wildman–Crippen LogP) is 4.09. The molecule has 0 spiro atoms. The van der Waals surface area contributed by atoms with E-state index in [4.69, 9.17) is 0 Å². The van der Waals surface area contributed by atoms with E-state index in [1.165, 1.54) is 12.1 Å². The number of rotatable bonds is 5. The molecule has 0 aliphatic carbocycles. The minimum atomic E-state index is -2.85. The van der Waals surface area contributed by atoms with Crippen LogP contribution in [0.5, 0.6) is 5.75 Å². The number of alkyl halides is 2. The normalized spacial score (nSPS) is 10.6. The van der Waals surface area contributed by atoms with Gasteiger partial charge in [-0.25, -0.2) is 0 Å². The van der Waals surface area contributed by atoms with Crippen LogP contribution in [0.15, 0.2) is 42.5 Å². The van der Waals surface area contributed by atoms with Gasteiger partial charge in [-0.1, -0.05) is 30.3 Å². The van der Waals surface area contributed by atoms with Crippen molar-refractivity contribution in [2.45, 2.75) is 26.9 Å². The number of hydrogen-bond donors (Lipinski definition) is 1. The number of benzene rings is 2. The molecular weight excluding hydrogens is 288 g/mol. The first-order chi connectivity index (χ1) is 10.5. The molecule has 2 rings (SSSR count). The Morgan fingerprint density at radius 1 is 1.09 bits per heavy atom. The van der Waals surface area contributed by atoms with Crippen LogP contribution in [0, 0.1) is 13.8 Å². The second-order valence-electron chi connectivity index (χ2n) is 5.01. The van der Waals surface area contributed by atoms with Crippen LogP contribution in [-0.4, -0.2) is 12.5 Å². The molecule has 0 aromatic heterocycles. The molecule has 0 heterocycles. The van der Waals surface area contributed by atoms with Crippen LogP contribution in [0.3, 0.4) is 0 Å². The SMILES string of the molecule is Cc1cccc(C)c1NC(=O)Cc1ccc(OC(F)F)cc1. The second-order valence-corrected chi connectivity index (χ2v) is 5.01. The van der Waals surface area contributed by atoms with Gasteiger partial charge in [0.25, 0.3) is 0 Å². The van der Waals surface area contributed by atoms with Gasteiger partial charge in [-0.2, -0.15) is 8.78 Å². The van der Waals surface area contributed by atoms with Crippen LogP contribution in [0.25, 0.3) is 0 Å². The van der Waals surface area contributed by atoms with E-state index in [-0.39, 0.29) is 18.1 Å². The Morgan fingerprint density at radius 2 is 1.68 bits per heavy atom. The van der Waals surface area contributed by atoms with E-state index < -0.39 is 6.61 Å². The molecule has 0 atom stereocenters. The van der Waals surface area contributed by atoms with Crippen molar-refractivity contribution in [2.24, 2.45) is 0 Å². The van der Waals surface area contributed by atoms with Crippen molar-refractivity contribution in [2.75, 3.05) is 5.32 Å². The molecule has 5 heteroatoms. The Morgan fingerprint density at radius 3 is 2.23 bits per heavy atom. The van der Waals surface area contributed by atoms with Gasteiger partial charge in [-0.3, -0.25) is 4.79 Å². The van der Waals surface area contributed by atoms with Crippen molar-refractivity contribution < 1.29 is 18.3 Å². The molecule has 0 unspecified atom stereocenters. The average molecular weight is 305 g/mol. The summed E-state index contributed by atoms with van der Waals surface area (Å²) in [5, 5.41) is 2.88. The Hall–Kier alpha value is -2.43. The van der Waals surface area contributed by atoms with Gasteiger partial charge in [0, 0.05) is 5.69 Å². The minimum Gasteiger partial charge on any atom is -0.435 e. The quantitative estimate of drug-likeness (QED) is 0.903. The third-order valence-corrected chi connectivity index (χ3v) is 3.26. The number of halogens is 2. The topological polar surface area (TPSA) is 38.3 Å². The summed E-state index contributed by atoms with van der Waals surface area (Å²) in [6.45, 7) is 1.01. The highest BCUT2D eigenvalue weighted by Gasteiger charge is 2.09. The van der Waals surface area contributed by atoms with Crippen molar-refractivity contribution in [3.8, 4) is 5.75 Å². The van der Waals surface area contributed by atoms with E-state index in [1.54, 1.807) is 12.1 Å². The maximum atomic E-state index is 12.1. The molecule has 2 aromatic carbocycles. The number of hydrogen-bond acceptors (Lipinski definition) is 2. The van der Waals surface area contributed by atoms with Gasteiger partial charge in [0.05, 0.1) is 6.42 Å². The standard InChI is InChI=1S/C17H17F2NO2/c1-11-4-3-5-12(2)16(11)20-15(21)10-13-6-8-14(9-7-13)22-17(18)19/h3-9,17H,10H2,1-2H3,(H,20,21). The molecule has 0 aliphatic rings. The zero-order valence-corrected chi connectivity index (χ0v) is 12.4. The first-order valence-corrected chi connectivity index (χ1v) is 6.85. The van der Waals surface area contributed by atoms with Gasteiger partial charge in [0.1, 0.15) is 5.75 Å². The van der Waals surface area contributed by atoms with E-state index in [1.807, 2.05) is 32.0 Å². The summed E-state index contributed by atoms with van der Waals surface area (Å²) in [7, 11) is 0. The number of carbonyl (C=O) groups is 1. The maximum Gasteiger partial charge on any atom is 0.387 e. The average Bonchev–Trinajstić information content (AvgIpc) is 2.45. The number of ether oxygens (including phenoxy) is 1. The fourth-order valence-corrected chi connectivity index (χ4v) is 2.17. The highest BCUT2D eigenvalue weighted by molar-refractivity contribution is 5.93. The Bertz CT molecular complexity index is 634. The van der Waals surface area contributed by atoms with E-state index in [2.05, 4.69) is 10.1 Å². The van der Waals surface area contributed by atoms with Gasteiger partial charge in [-0.15, -0.1) is 0 Å². The van der Waals surface area contributed by atoms with Crippen LogP contribution in [-0.2, 0) is 11.2 Å². The van der Waals surface area contributed by atoms with Crippen LogP contribution in [0.4, 0.5) is 14.5 Å². The molecule has 22 heavy (non-hydrogen) atoms. The summed E-state index contributed by atoms with van der Waals surface area (Å²) in [6.07, 6.45) is 0.169. The van der Waals surface area contributed by atoms with E-state index in [0.717, 1.165) is 22.4 Å². The van der Waals surface area contributed by atoms with Crippen molar-refractivity contribution in [3.63, 3.8) is 0 Å². The summed E-state index contributed by atoms with van der Waals surface area (Å²) in [4.78, 5) is 12.1. The third kappa shape index (κ3) is 4.28. The number of anilines is 1. The van der Waals surface area contributed by atoms with Crippen LogP contribution in [0.1, 0.15) is 16.7 Å². The fourth-order valence-electron chi connectivity index (χ4n) is 2.17. The largest absolute Gasteiger partial charge is 0.435 e.